The highest BCUT2D eigenvalue weighted by atomic mass is 32.2. The van der Waals surface area contributed by atoms with Crippen LogP contribution in [0.2, 0.25) is 0 Å². The molecule has 21 heavy (non-hydrogen) atoms. The molecule has 1 rings (SSSR count). The van der Waals surface area contributed by atoms with Gasteiger partial charge in [0, 0.05) is 12.8 Å². The predicted molar refractivity (Wildman–Crippen MR) is 80.4 cm³/mol. The van der Waals surface area contributed by atoms with Gasteiger partial charge < -0.3 is 4.74 Å². The van der Waals surface area contributed by atoms with Gasteiger partial charge >= 0.3 is 0 Å². The van der Waals surface area contributed by atoms with E-state index in [-0.39, 0.29) is 22.9 Å². The van der Waals surface area contributed by atoms with Gasteiger partial charge in [-0.15, -0.1) is 0 Å². The first-order valence-corrected chi connectivity index (χ1v) is 9.52. The summed E-state index contributed by atoms with van der Waals surface area (Å²) in [6.07, 6.45) is 1.06. The highest BCUT2D eigenvalue weighted by Gasteiger charge is 2.14. The molecule has 0 radical (unpaired) electrons. The van der Waals surface area contributed by atoms with Gasteiger partial charge in [0.25, 0.3) is 0 Å². The van der Waals surface area contributed by atoms with Crippen molar-refractivity contribution >= 4 is 19.9 Å². The van der Waals surface area contributed by atoms with Gasteiger partial charge in [-0.3, -0.25) is 0 Å². The van der Waals surface area contributed by atoms with Gasteiger partial charge in [-0.1, -0.05) is 12.2 Å². The van der Waals surface area contributed by atoms with Gasteiger partial charge in [0.2, 0.25) is 10.0 Å². The first kappa shape index (κ1) is 17.8. The first-order chi connectivity index (χ1) is 9.63. The molecule has 0 aromatic heterocycles. The third-order valence-electron chi connectivity index (χ3n) is 2.45. The molecule has 0 bridgehead atoms. The van der Waals surface area contributed by atoms with Crippen LogP contribution in [0.15, 0.2) is 46.2 Å². The molecule has 0 aliphatic heterocycles. The van der Waals surface area contributed by atoms with Crippen molar-refractivity contribution in [3.05, 3.63) is 36.4 Å². The van der Waals surface area contributed by atoms with Crippen molar-refractivity contribution in [1.29, 1.82) is 0 Å². The van der Waals surface area contributed by atoms with Crippen LogP contribution in [0, 0.1) is 0 Å². The van der Waals surface area contributed by atoms with E-state index >= 15 is 0 Å². The Morgan fingerprint density at radius 1 is 1.14 bits per heavy atom. The summed E-state index contributed by atoms with van der Waals surface area (Å²) in [5.74, 6) is 0. The minimum atomic E-state index is -3.67. The smallest absolute Gasteiger partial charge is 0.240 e. The van der Waals surface area contributed by atoms with Crippen LogP contribution in [0.25, 0.3) is 0 Å². The number of ether oxygens (including phenoxy) is 1. The number of hydrogen-bond acceptors (Lipinski definition) is 5. The molecule has 6 nitrogen and oxygen atoms in total. The van der Waals surface area contributed by atoms with Gasteiger partial charge in [-0.05, 0) is 31.2 Å². The molecule has 1 aromatic carbocycles. The lowest BCUT2D eigenvalue weighted by Crippen LogP contribution is -2.27. The second-order valence-corrected chi connectivity index (χ2v) is 8.43. The van der Waals surface area contributed by atoms with Crippen molar-refractivity contribution in [3.63, 3.8) is 0 Å². The van der Waals surface area contributed by atoms with Crippen molar-refractivity contribution in [2.45, 2.75) is 16.7 Å². The lowest BCUT2D eigenvalue weighted by atomic mass is 10.4. The zero-order valence-corrected chi connectivity index (χ0v) is 13.6. The standard InChI is InChI=1S/C13H19NO5S2/c1-11(2)10-19-9-8-14-21(17,18)13-6-4-12(5-7-13)20(3,15)16/h4-7,14H,1,8-10H2,2-3H3. The Labute approximate surface area is 125 Å². The van der Waals surface area contributed by atoms with Crippen molar-refractivity contribution < 1.29 is 21.6 Å². The lowest BCUT2D eigenvalue weighted by molar-refractivity contribution is 0.162. The third-order valence-corrected chi connectivity index (χ3v) is 5.05. The van der Waals surface area contributed by atoms with Crippen molar-refractivity contribution in [1.82, 2.24) is 4.72 Å². The summed E-state index contributed by atoms with van der Waals surface area (Å²) in [5, 5.41) is 0. The van der Waals surface area contributed by atoms with Crippen molar-refractivity contribution in [3.8, 4) is 0 Å². The summed E-state index contributed by atoms with van der Waals surface area (Å²) in [4.78, 5) is 0.0843. The second kappa shape index (κ2) is 7.17. The lowest BCUT2D eigenvalue weighted by Gasteiger charge is -2.08. The van der Waals surface area contributed by atoms with E-state index in [4.69, 9.17) is 4.74 Å². The molecule has 1 aromatic rings. The average molecular weight is 333 g/mol. The number of sulfone groups is 1. The Morgan fingerprint density at radius 2 is 1.67 bits per heavy atom. The fourth-order valence-electron chi connectivity index (χ4n) is 1.44. The molecule has 0 aliphatic rings. The zero-order chi connectivity index (χ0) is 16.1. The molecule has 8 heteroatoms. The third kappa shape index (κ3) is 5.96. The number of hydrogen-bond donors (Lipinski definition) is 1. The van der Waals surface area contributed by atoms with Crippen LogP contribution in [0.3, 0.4) is 0 Å². The van der Waals surface area contributed by atoms with E-state index in [0.29, 0.717) is 6.61 Å². The first-order valence-electron chi connectivity index (χ1n) is 6.15. The molecule has 0 fully saturated rings. The van der Waals surface area contributed by atoms with E-state index in [0.717, 1.165) is 11.8 Å². The van der Waals surface area contributed by atoms with E-state index in [1.807, 2.05) is 6.92 Å². The van der Waals surface area contributed by atoms with Gasteiger partial charge in [0.05, 0.1) is 23.0 Å². The van der Waals surface area contributed by atoms with Crippen LogP contribution in [-0.4, -0.2) is 42.8 Å². The Balaban J connectivity index is 2.64. The number of sulfonamides is 1. The molecule has 0 aliphatic carbocycles. The molecule has 0 saturated carbocycles. The minimum Gasteiger partial charge on any atom is -0.376 e. The second-order valence-electron chi connectivity index (χ2n) is 4.65. The Kier molecular flexibility index (Phi) is 6.09. The Morgan fingerprint density at radius 3 is 2.14 bits per heavy atom. The average Bonchev–Trinajstić information content (AvgIpc) is 2.37. The molecule has 118 valence electrons. The molecule has 0 atom stereocenters. The largest absolute Gasteiger partial charge is 0.376 e. The monoisotopic (exact) mass is 333 g/mol. The quantitative estimate of drug-likeness (QED) is 0.565. The van der Waals surface area contributed by atoms with Crippen LogP contribution in [-0.2, 0) is 24.6 Å². The number of nitrogens with one attached hydrogen (secondary N) is 1. The van der Waals surface area contributed by atoms with Gasteiger partial charge in [-0.25, -0.2) is 21.6 Å². The topological polar surface area (TPSA) is 89.5 Å². The number of benzene rings is 1. The van der Waals surface area contributed by atoms with E-state index in [9.17, 15) is 16.8 Å². The van der Waals surface area contributed by atoms with Gasteiger partial charge in [0.15, 0.2) is 9.84 Å². The van der Waals surface area contributed by atoms with Crippen molar-refractivity contribution in [2.24, 2.45) is 0 Å². The molecule has 0 saturated heterocycles. The van der Waals surface area contributed by atoms with E-state index in [2.05, 4.69) is 11.3 Å². The molecular formula is C13H19NO5S2. The van der Waals surface area contributed by atoms with Crippen molar-refractivity contribution in [2.75, 3.05) is 26.0 Å². The zero-order valence-electron chi connectivity index (χ0n) is 12.0. The summed E-state index contributed by atoms with van der Waals surface area (Å²) < 4.78 is 54.1. The summed E-state index contributed by atoms with van der Waals surface area (Å²) >= 11 is 0. The number of rotatable bonds is 8. The molecule has 0 amide bonds. The summed E-state index contributed by atoms with van der Waals surface area (Å²) in [6.45, 7) is 6.22. The van der Waals surface area contributed by atoms with Gasteiger partial charge in [0.1, 0.15) is 0 Å². The van der Waals surface area contributed by atoms with Crippen LogP contribution < -0.4 is 4.72 Å². The fourth-order valence-corrected chi connectivity index (χ4v) is 3.09. The van der Waals surface area contributed by atoms with E-state index in [1.165, 1.54) is 24.3 Å². The molecular weight excluding hydrogens is 314 g/mol. The fraction of sp³-hybridized carbons (Fsp3) is 0.385. The highest BCUT2D eigenvalue weighted by Crippen LogP contribution is 2.14. The molecule has 1 N–H and O–H groups in total. The summed E-state index contributed by atoms with van der Waals surface area (Å²) in [6, 6.07) is 5.05. The molecule has 0 spiro atoms. The van der Waals surface area contributed by atoms with Crippen LogP contribution in [0.4, 0.5) is 0 Å². The summed E-state index contributed by atoms with van der Waals surface area (Å²) in [7, 11) is -7.01. The summed E-state index contributed by atoms with van der Waals surface area (Å²) in [5.41, 5.74) is 0.856. The Hall–Kier alpha value is -1.22. The maximum absolute atomic E-state index is 12.0. The minimum absolute atomic E-state index is 0.00908. The highest BCUT2D eigenvalue weighted by molar-refractivity contribution is 7.90. The SMILES string of the molecule is C=C(C)COCCNS(=O)(=O)c1ccc(S(C)(=O)=O)cc1. The predicted octanol–water partition coefficient (Wildman–Crippen LogP) is 0.961. The Bertz CT molecular complexity index is 691. The maximum atomic E-state index is 12.0. The normalized spacial score (nSPS) is 12.3. The van der Waals surface area contributed by atoms with Crippen LogP contribution in [0.1, 0.15) is 6.92 Å². The molecule has 0 heterocycles. The van der Waals surface area contributed by atoms with E-state index < -0.39 is 19.9 Å². The van der Waals surface area contributed by atoms with Crippen LogP contribution >= 0.6 is 0 Å². The van der Waals surface area contributed by atoms with E-state index in [1.54, 1.807) is 0 Å². The maximum Gasteiger partial charge on any atom is 0.240 e. The van der Waals surface area contributed by atoms with Gasteiger partial charge in [-0.2, -0.15) is 0 Å². The van der Waals surface area contributed by atoms with Crippen LogP contribution in [0.5, 0.6) is 0 Å². The molecule has 0 unspecified atom stereocenters.